The number of aromatic nitrogens is 2. The standard InChI is InChI=1S/C22H24N4O3/c1-14-10-15(2)12-17(11-14)23-22(27)26-18-7-5-4-6-16(18)13-19(26)21-24-20(25-29-21)8-9-28-3/h4-7,10-12,19H,8-9,13H2,1-3H3,(H,23,27). The zero-order chi connectivity index (χ0) is 20.4. The average molecular weight is 392 g/mol. The summed E-state index contributed by atoms with van der Waals surface area (Å²) < 4.78 is 10.6. The Bertz CT molecular complexity index is 1010. The number of amides is 2. The zero-order valence-electron chi connectivity index (χ0n) is 16.8. The first kappa shape index (κ1) is 19.1. The number of nitrogens with zero attached hydrogens (tertiary/aromatic N) is 3. The van der Waals surface area contributed by atoms with Crippen LogP contribution in [0.15, 0.2) is 47.0 Å². The van der Waals surface area contributed by atoms with Gasteiger partial charge in [0.05, 0.1) is 6.61 Å². The maximum atomic E-state index is 13.3. The molecule has 0 saturated carbocycles. The van der Waals surface area contributed by atoms with Crippen LogP contribution in [0.2, 0.25) is 0 Å². The smallest absolute Gasteiger partial charge is 0.327 e. The molecule has 1 aromatic heterocycles. The summed E-state index contributed by atoms with van der Waals surface area (Å²) >= 11 is 0. The first-order chi connectivity index (χ1) is 14.0. The largest absolute Gasteiger partial charge is 0.384 e. The van der Waals surface area contributed by atoms with Crippen LogP contribution in [0.3, 0.4) is 0 Å². The molecule has 3 aromatic rings. The number of carbonyl (C=O) groups is 1. The quantitative estimate of drug-likeness (QED) is 0.703. The van der Waals surface area contributed by atoms with Crippen LogP contribution in [0.25, 0.3) is 0 Å². The van der Waals surface area contributed by atoms with Gasteiger partial charge in [-0.1, -0.05) is 29.4 Å². The third-order valence-corrected chi connectivity index (χ3v) is 4.97. The molecule has 0 saturated heterocycles. The van der Waals surface area contributed by atoms with Crippen LogP contribution >= 0.6 is 0 Å². The van der Waals surface area contributed by atoms with Crippen molar-refractivity contribution in [3.8, 4) is 0 Å². The molecule has 1 atom stereocenters. The number of carbonyl (C=O) groups excluding carboxylic acids is 1. The molecule has 2 aromatic carbocycles. The lowest BCUT2D eigenvalue weighted by Gasteiger charge is -2.23. The maximum absolute atomic E-state index is 13.3. The summed E-state index contributed by atoms with van der Waals surface area (Å²) in [7, 11) is 1.63. The van der Waals surface area contributed by atoms with Crippen LogP contribution in [0.5, 0.6) is 0 Å². The molecule has 2 heterocycles. The summed E-state index contributed by atoms with van der Waals surface area (Å²) in [5, 5.41) is 7.06. The molecule has 1 aliphatic rings. The number of hydrogen-bond acceptors (Lipinski definition) is 5. The van der Waals surface area contributed by atoms with Crippen LogP contribution in [-0.2, 0) is 17.6 Å². The predicted octanol–water partition coefficient (Wildman–Crippen LogP) is 4.21. The fourth-order valence-corrected chi connectivity index (χ4v) is 3.76. The van der Waals surface area contributed by atoms with Crippen LogP contribution in [0.1, 0.15) is 34.4 Å². The van der Waals surface area contributed by atoms with Gasteiger partial charge < -0.3 is 14.6 Å². The summed E-state index contributed by atoms with van der Waals surface area (Å²) in [6, 6.07) is 13.3. The second-order valence-corrected chi connectivity index (χ2v) is 7.32. The Kier molecular flexibility index (Phi) is 5.31. The maximum Gasteiger partial charge on any atom is 0.327 e. The van der Waals surface area contributed by atoms with Gasteiger partial charge in [0, 0.05) is 31.3 Å². The number of anilines is 2. The number of urea groups is 1. The summed E-state index contributed by atoms with van der Waals surface area (Å²) in [6.07, 6.45) is 1.19. The number of hydrogen-bond donors (Lipinski definition) is 1. The molecule has 29 heavy (non-hydrogen) atoms. The van der Waals surface area contributed by atoms with Crippen molar-refractivity contribution < 1.29 is 14.1 Å². The first-order valence-corrected chi connectivity index (χ1v) is 9.63. The van der Waals surface area contributed by atoms with E-state index in [0.717, 1.165) is 28.1 Å². The lowest BCUT2D eigenvalue weighted by molar-refractivity contribution is 0.199. The average Bonchev–Trinajstić information content (AvgIpc) is 3.29. The first-order valence-electron chi connectivity index (χ1n) is 9.63. The molecule has 1 aliphatic heterocycles. The molecule has 0 fully saturated rings. The summed E-state index contributed by atoms with van der Waals surface area (Å²) in [5.41, 5.74) is 4.89. The minimum absolute atomic E-state index is 0.221. The normalized spacial score (nSPS) is 15.4. The summed E-state index contributed by atoms with van der Waals surface area (Å²) in [4.78, 5) is 19.5. The zero-order valence-corrected chi connectivity index (χ0v) is 16.8. The molecule has 0 radical (unpaired) electrons. The van der Waals surface area contributed by atoms with Crippen LogP contribution < -0.4 is 10.2 Å². The molecule has 150 valence electrons. The van der Waals surface area contributed by atoms with Crippen molar-refractivity contribution >= 4 is 17.4 Å². The van der Waals surface area contributed by atoms with Crippen molar-refractivity contribution in [3.63, 3.8) is 0 Å². The number of fused-ring (bicyclic) bond motifs is 1. The third-order valence-electron chi connectivity index (χ3n) is 4.97. The number of methoxy groups -OCH3 is 1. The topological polar surface area (TPSA) is 80.5 Å². The fourth-order valence-electron chi connectivity index (χ4n) is 3.76. The van der Waals surface area contributed by atoms with Gasteiger partial charge in [0.2, 0.25) is 5.89 Å². The lowest BCUT2D eigenvalue weighted by atomic mass is 10.1. The molecular formula is C22H24N4O3. The molecule has 7 nitrogen and oxygen atoms in total. The molecule has 1 unspecified atom stereocenters. The van der Waals surface area contributed by atoms with Crippen LogP contribution in [0.4, 0.5) is 16.2 Å². The van der Waals surface area contributed by atoms with E-state index in [4.69, 9.17) is 9.26 Å². The van der Waals surface area contributed by atoms with E-state index in [1.54, 1.807) is 12.0 Å². The van der Waals surface area contributed by atoms with Crippen LogP contribution in [0, 0.1) is 13.8 Å². The Morgan fingerprint density at radius 3 is 2.76 bits per heavy atom. The van der Waals surface area contributed by atoms with E-state index in [-0.39, 0.29) is 12.1 Å². The van der Waals surface area contributed by atoms with Crippen molar-refractivity contribution in [2.24, 2.45) is 0 Å². The van der Waals surface area contributed by atoms with Gasteiger partial charge in [0.1, 0.15) is 6.04 Å². The van der Waals surface area contributed by atoms with Crippen molar-refractivity contribution in [1.82, 2.24) is 10.1 Å². The number of ether oxygens (including phenoxy) is 1. The van der Waals surface area contributed by atoms with E-state index in [9.17, 15) is 4.79 Å². The van der Waals surface area contributed by atoms with Gasteiger partial charge in [-0.3, -0.25) is 4.90 Å². The molecule has 0 bridgehead atoms. The van der Waals surface area contributed by atoms with Crippen molar-refractivity contribution in [2.75, 3.05) is 23.9 Å². The highest BCUT2D eigenvalue weighted by Gasteiger charge is 2.38. The number of aryl methyl sites for hydroxylation is 2. The molecule has 4 rings (SSSR count). The van der Waals surface area contributed by atoms with Crippen LogP contribution in [-0.4, -0.2) is 29.9 Å². The number of benzene rings is 2. The Hall–Kier alpha value is -3.19. The monoisotopic (exact) mass is 392 g/mol. The Morgan fingerprint density at radius 2 is 2.00 bits per heavy atom. The van der Waals surface area contributed by atoms with E-state index in [1.165, 1.54) is 0 Å². The van der Waals surface area contributed by atoms with Gasteiger partial charge in [-0.2, -0.15) is 4.98 Å². The summed E-state index contributed by atoms with van der Waals surface area (Å²) in [6.45, 7) is 4.54. The van der Waals surface area contributed by atoms with E-state index in [0.29, 0.717) is 31.2 Å². The van der Waals surface area contributed by atoms with E-state index in [1.807, 2.05) is 50.2 Å². The number of para-hydroxylation sites is 1. The highest BCUT2D eigenvalue weighted by molar-refractivity contribution is 6.03. The second-order valence-electron chi connectivity index (χ2n) is 7.32. The molecule has 1 N–H and O–H groups in total. The SMILES string of the molecule is COCCc1noc(C2Cc3ccccc3N2C(=O)Nc2cc(C)cc(C)c2)n1. The second kappa shape index (κ2) is 8.05. The van der Waals surface area contributed by atoms with Gasteiger partial charge in [0.25, 0.3) is 0 Å². The Balaban J connectivity index is 1.63. The molecule has 7 heteroatoms. The van der Waals surface area contributed by atoms with Gasteiger partial charge in [-0.15, -0.1) is 0 Å². The van der Waals surface area contributed by atoms with Crippen molar-refractivity contribution in [3.05, 3.63) is 70.9 Å². The van der Waals surface area contributed by atoms with Crippen molar-refractivity contribution in [1.29, 1.82) is 0 Å². The van der Waals surface area contributed by atoms with E-state index >= 15 is 0 Å². The Morgan fingerprint density at radius 1 is 1.24 bits per heavy atom. The van der Waals surface area contributed by atoms with Gasteiger partial charge in [-0.25, -0.2) is 4.79 Å². The van der Waals surface area contributed by atoms with Gasteiger partial charge in [0.15, 0.2) is 5.82 Å². The Labute approximate surface area is 169 Å². The lowest BCUT2D eigenvalue weighted by Crippen LogP contribution is -2.36. The molecule has 0 aliphatic carbocycles. The van der Waals surface area contributed by atoms with Crippen molar-refractivity contribution in [2.45, 2.75) is 32.7 Å². The van der Waals surface area contributed by atoms with E-state index < -0.39 is 0 Å². The molecule has 0 spiro atoms. The number of rotatable bonds is 5. The van der Waals surface area contributed by atoms with Gasteiger partial charge >= 0.3 is 6.03 Å². The van der Waals surface area contributed by atoms with Gasteiger partial charge in [-0.05, 0) is 48.7 Å². The third kappa shape index (κ3) is 4.00. The highest BCUT2D eigenvalue weighted by atomic mass is 16.5. The minimum Gasteiger partial charge on any atom is -0.384 e. The highest BCUT2D eigenvalue weighted by Crippen LogP contribution is 2.40. The summed E-state index contributed by atoms with van der Waals surface area (Å²) in [5.74, 6) is 1.01. The molecule has 2 amide bonds. The minimum atomic E-state index is -0.345. The predicted molar refractivity (Wildman–Crippen MR) is 110 cm³/mol. The number of nitrogens with one attached hydrogen (secondary N) is 1. The fraction of sp³-hybridized carbons (Fsp3) is 0.318. The molecular weight excluding hydrogens is 368 g/mol. The van der Waals surface area contributed by atoms with E-state index in [2.05, 4.69) is 21.5 Å².